The summed E-state index contributed by atoms with van der Waals surface area (Å²) in [7, 11) is 1.57. The number of nitrogens with zero attached hydrogens (tertiary/aromatic N) is 4. The first kappa shape index (κ1) is 18.3. The molecule has 0 unspecified atom stereocenters. The Bertz CT molecular complexity index is 1190. The lowest BCUT2D eigenvalue weighted by molar-refractivity contribution is 0.102. The lowest BCUT2D eigenvalue weighted by atomic mass is 10.00. The van der Waals surface area contributed by atoms with Gasteiger partial charge in [0.1, 0.15) is 11.8 Å². The van der Waals surface area contributed by atoms with Gasteiger partial charge in [0.05, 0.1) is 24.9 Å². The van der Waals surface area contributed by atoms with E-state index in [0.717, 1.165) is 22.4 Å². The normalized spacial score (nSPS) is 12.0. The number of benzene rings is 1. The number of rotatable bonds is 4. The topological polar surface area (TPSA) is 100 Å². The third kappa shape index (κ3) is 3.56. The molecule has 0 saturated heterocycles. The van der Waals surface area contributed by atoms with Crippen LogP contribution in [0.3, 0.4) is 0 Å². The monoisotopic (exact) mass is 383 g/mol. The van der Waals surface area contributed by atoms with E-state index in [2.05, 4.69) is 20.3 Å². The Hall–Kier alpha value is -4.05. The maximum atomic E-state index is 12.7. The van der Waals surface area contributed by atoms with Crippen molar-refractivity contribution in [2.24, 2.45) is 4.99 Å². The van der Waals surface area contributed by atoms with Gasteiger partial charge < -0.3 is 10.1 Å². The zero-order valence-corrected chi connectivity index (χ0v) is 15.9. The molecule has 4 rings (SSSR count). The lowest BCUT2D eigenvalue weighted by Crippen LogP contribution is -2.16. The van der Waals surface area contributed by atoms with Gasteiger partial charge >= 0.3 is 0 Å². The number of pyridine rings is 2. The molecule has 29 heavy (non-hydrogen) atoms. The van der Waals surface area contributed by atoms with E-state index in [1.54, 1.807) is 26.3 Å². The van der Waals surface area contributed by atoms with Gasteiger partial charge in [-0.25, -0.2) is 9.97 Å². The molecular weight excluding hydrogens is 366 g/mol. The van der Waals surface area contributed by atoms with Crippen LogP contribution in [0.1, 0.15) is 38.3 Å². The highest BCUT2D eigenvalue weighted by atomic mass is 16.5. The molecule has 7 nitrogen and oxygen atoms in total. The lowest BCUT2D eigenvalue weighted by Gasteiger charge is -2.10. The number of nitriles is 1. The van der Waals surface area contributed by atoms with Crippen LogP contribution in [0.4, 0.5) is 5.69 Å². The van der Waals surface area contributed by atoms with Gasteiger partial charge in [0.25, 0.3) is 5.91 Å². The highest BCUT2D eigenvalue weighted by Gasteiger charge is 2.20. The first-order chi connectivity index (χ1) is 14.1. The van der Waals surface area contributed by atoms with Crippen molar-refractivity contribution in [3.63, 3.8) is 0 Å². The Kier molecular flexibility index (Phi) is 4.75. The van der Waals surface area contributed by atoms with Crippen molar-refractivity contribution in [2.75, 3.05) is 12.4 Å². The number of aliphatic imine (C=N–C) groups is 1. The van der Waals surface area contributed by atoms with E-state index in [-0.39, 0.29) is 11.6 Å². The molecule has 0 atom stereocenters. The quantitative estimate of drug-likeness (QED) is 0.745. The van der Waals surface area contributed by atoms with Crippen LogP contribution >= 0.6 is 0 Å². The molecular formula is C22H17N5O2. The Morgan fingerprint density at radius 2 is 2.07 bits per heavy atom. The number of carbonyl (C=O) groups is 1. The van der Waals surface area contributed by atoms with Crippen LogP contribution in [0.25, 0.3) is 0 Å². The van der Waals surface area contributed by atoms with E-state index in [9.17, 15) is 4.79 Å². The molecule has 0 aliphatic carbocycles. The van der Waals surface area contributed by atoms with E-state index in [4.69, 9.17) is 10.00 Å². The largest absolute Gasteiger partial charge is 0.481 e. The van der Waals surface area contributed by atoms with Crippen LogP contribution in [0.15, 0.2) is 53.8 Å². The van der Waals surface area contributed by atoms with Crippen LogP contribution in [-0.4, -0.2) is 28.7 Å². The number of ether oxygens (including phenoxy) is 1. The predicted octanol–water partition coefficient (Wildman–Crippen LogP) is 3.27. The molecule has 1 aliphatic heterocycles. The summed E-state index contributed by atoms with van der Waals surface area (Å²) >= 11 is 0. The van der Waals surface area contributed by atoms with Gasteiger partial charge in [-0.15, -0.1) is 0 Å². The predicted molar refractivity (Wildman–Crippen MR) is 108 cm³/mol. The minimum absolute atomic E-state index is 0.289. The number of amides is 1. The Morgan fingerprint density at radius 3 is 2.83 bits per heavy atom. The second-order valence-corrected chi connectivity index (χ2v) is 6.58. The fourth-order valence-corrected chi connectivity index (χ4v) is 3.24. The van der Waals surface area contributed by atoms with E-state index in [0.29, 0.717) is 29.2 Å². The average molecular weight is 383 g/mol. The summed E-state index contributed by atoms with van der Waals surface area (Å²) < 4.78 is 5.21. The van der Waals surface area contributed by atoms with Gasteiger partial charge in [0.2, 0.25) is 5.88 Å². The third-order valence-corrected chi connectivity index (χ3v) is 4.67. The number of carbonyl (C=O) groups excluding carboxylic acids is 1. The molecule has 0 spiro atoms. The van der Waals surface area contributed by atoms with Crippen molar-refractivity contribution in [1.82, 2.24) is 9.97 Å². The summed E-state index contributed by atoms with van der Waals surface area (Å²) in [6, 6.07) is 13.1. The zero-order chi connectivity index (χ0) is 20.4. The average Bonchev–Trinajstić information content (AvgIpc) is 3.16. The molecule has 1 aliphatic rings. The molecule has 1 N–H and O–H groups in total. The van der Waals surface area contributed by atoms with Crippen LogP contribution in [0.5, 0.6) is 5.88 Å². The van der Waals surface area contributed by atoms with Gasteiger partial charge in [-0.3, -0.25) is 9.79 Å². The first-order valence-corrected chi connectivity index (χ1v) is 8.95. The number of anilines is 1. The maximum Gasteiger partial charge on any atom is 0.274 e. The van der Waals surface area contributed by atoms with Crippen LogP contribution < -0.4 is 10.1 Å². The molecule has 0 bridgehead atoms. The van der Waals surface area contributed by atoms with Crippen LogP contribution in [0, 0.1) is 18.3 Å². The molecule has 2 aromatic heterocycles. The molecule has 1 amide bonds. The first-order valence-electron chi connectivity index (χ1n) is 8.95. The zero-order valence-electron chi connectivity index (χ0n) is 15.9. The van der Waals surface area contributed by atoms with Crippen LogP contribution in [0.2, 0.25) is 0 Å². The third-order valence-electron chi connectivity index (χ3n) is 4.67. The van der Waals surface area contributed by atoms with Gasteiger partial charge in [-0.05, 0) is 42.3 Å². The van der Waals surface area contributed by atoms with E-state index in [1.165, 1.54) is 6.20 Å². The molecule has 3 heterocycles. The van der Waals surface area contributed by atoms with E-state index < -0.39 is 0 Å². The fourth-order valence-electron chi connectivity index (χ4n) is 3.24. The number of hydrogen-bond acceptors (Lipinski definition) is 6. The highest BCUT2D eigenvalue weighted by molar-refractivity contribution is 6.16. The highest BCUT2D eigenvalue weighted by Crippen LogP contribution is 2.27. The van der Waals surface area contributed by atoms with Crippen molar-refractivity contribution in [1.29, 1.82) is 5.26 Å². The number of nitrogens with one attached hydrogen (secondary N) is 1. The van der Waals surface area contributed by atoms with Crippen molar-refractivity contribution in [3.8, 4) is 11.9 Å². The molecule has 0 radical (unpaired) electrons. The molecule has 1 aromatic carbocycles. The fraction of sp³-hybridized carbons (Fsp3) is 0.136. The minimum Gasteiger partial charge on any atom is -0.481 e. The second kappa shape index (κ2) is 7.52. The standard InChI is InChI=1S/C22H17N5O2/c1-13-7-14(10-23)11-25-20(13)22(28)27-17-4-3-16-12-26-21(18(16)9-17)15-5-6-24-19(8-15)29-2/h3-9,11H,12H2,1-2H3,(H,27,28). The maximum absolute atomic E-state index is 12.7. The Balaban J connectivity index is 1.61. The molecule has 142 valence electrons. The van der Waals surface area contributed by atoms with Crippen molar-refractivity contribution in [2.45, 2.75) is 13.5 Å². The Labute approximate surface area is 167 Å². The number of methoxy groups -OCH3 is 1. The smallest absolute Gasteiger partial charge is 0.274 e. The molecule has 7 heteroatoms. The van der Waals surface area contributed by atoms with E-state index >= 15 is 0 Å². The number of fused-ring (bicyclic) bond motifs is 1. The van der Waals surface area contributed by atoms with Crippen molar-refractivity contribution < 1.29 is 9.53 Å². The summed E-state index contributed by atoms with van der Waals surface area (Å²) in [4.78, 5) is 25.6. The van der Waals surface area contributed by atoms with E-state index in [1.807, 2.05) is 36.4 Å². The van der Waals surface area contributed by atoms with Crippen molar-refractivity contribution in [3.05, 3.63) is 82.3 Å². The number of aromatic nitrogens is 2. The molecule has 0 saturated carbocycles. The van der Waals surface area contributed by atoms with Gasteiger partial charge in [0.15, 0.2) is 0 Å². The summed E-state index contributed by atoms with van der Waals surface area (Å²) in [6.45, 7) is 2.34. The SMILES string of the molecule is COc1cc(C2=NCc3ccc(NC(=O)c4ncc(C#N)cc4C)cc32)ccn1. The van der Waals surface area contributed by atoms with Gasteiger partial charge in [-0.2, -0.15) is 5.26 Å². The second-order valence-electron chi connectivity index (χ2n) is 6.58. The molecule has 0 fully saturated rings. The summed E-state index contributed by atoms with van der Waals surface area (Å²) in [6.07, 6.45) is 3.08. The van der Waals surface area contributed by atoms with Crippen LogP contribution in [-0.2, 0) is 6.54 Å². The van der Waals surface area contributed by atoms with Gasteiger partial charge in [0, 0.05) is 35.3 Å². The summed E-state index contributed by atoms with van der Waals surface area (Å²) in [5, 5.41) is 11.8. The Morgan fingerprint density at radius 1 is 1.21 bits per heavy atom. The minimum atomic E-state index is -0.325. The number of hydrogen-bond donors (Lipinski definition) is 1. The summed E-state index contributed by atoms with van der Waals surface area (Å²) in [5.41, 5.74) is 5.79. The number of aryl methyl sites for hydroxylation is 1. The summed E-state index contributed by atoms with van der Waals surface area (Å²) in [5.74, 6) is 0.194. The van der Waals surface area contributed by atoms with Crippen molar-refractivity contribution >= 4 is 17.3 Å². The van der Waals surface area contributed by atoms with Gasteiger partial charge in [-0.1, -0.05) is 6.07 Å². The molecule has 3 aromatic rings.